The summed E-state index contributed by atoms with van der Waals surface area (Å²) in [6.07, 6.45) is -1.15. The van der Waals surface area contributed by atoms with E-state index in [0.29, 0.717) is 12.1 Å². The summed E-state index contributed by atoms with van der Waals surface area (Å²) >= 11 is 0. The molecule has 0 atom stereocenters. The Labute approximate surface area is 114 Å². The Bertz CT molecular complexity index is 621. The van der Waals surface area contributed by atoms with Crippen LogP contribution in [0.5, 0.6) is 5.75 Å². The molecular formula is C13H12N2O5. The van der Waals surface area contributed by atoms with Gasteiger partial charge in [0.2, 0.25) is 5.75 Å². The minimum atomic E-state index is -1.53. The first-order chi connectivity index (χ1) is 9.61. The number of aromatic nitrogens is 1. The van der Waals surface area contributed by atoms with Crippen LogP contribution in [-0.4, -0.2) is 22.3 Å². The van der Waals surface area contributed by atoms with E-state index in [1.807, 2.05) is 0 Å². The van der Waals surface area contributed by atoms with Gasteiger partial charge in [-0.05, 0) is 18.6 Å². The average Bonchev–Trinajstić information content (AvgIpc) is 2.82. The van der Waals surface area contributed by atoms with Crippen LogP contribution >= 0.6 is 0 Å². The number of aryl methyl sites for hydroxylation is 1. The Balaban J connectivity index is 2.25. The Morgan fingerprint density at radius 3 is 2.65 bits per heavy atom. The van der Waals surface area contributed by atoms with Gasteiger partial charge in [-0.25, -0.2) is 4.79 Å². The molecule has 0 radical (unpaired) electrons. The van der Waals surface area contributed by atoms with Gasteiger partial charge in [0.1, 0.15) is 5.69 Å². The van der Waals surface area contributed by atoms with Crippen LogP contribution in [0.25, 0.3) is 0 Å². The summed E-state index contributed by atoms with van der Waals surface area (Å²) in [5.74, 6) is -1.07. The first-order valence-electron chi connectivity index (χ1n) is 5.87. The van der Waals surface area contributed by atoms with Gasteiger partial charge in [0, 0.05) is 5.69 Å². The third kappa shape index (κ3) is 2.94. The second-order valence-electron chi connectivity index (χ2n) is 3.83. The number of para-hydroxylation sites is 1. The summed E-state index contributed by atoms with van der Waals surface area (Å²) in [6.45, 7) is 1.74. The zero-order chi connectivity index (χ0) is 14.5. The van der Waals surface area contributed by atoms with Gasteiger partial charge in [-0.2, -0.15) is 0 Å². The van der Waals surface area contributed by atoms with Gasteiger partial charge in [-0.15, -0.1) is 0 Å². The Morgan fingerprint density at radius 2 is 2.05 bits per heavy atom. The lowest BCUT2D eigenvalue weighted by atomic mass is 10.2. The molecule has 0 bridgehead atoms. The van der Waals surface area contributed by atoms with Gasteiger partial charge in [-0.3, -0.25) is 4.79 Å². The van der Waals surface area contributed by atoms with Crippen LogP contribution in [0, 0.1) is 0 Å². The highest BCUT2D eigenvalue weighted by Gasteiger charge is 2.25. The molecule has 1 aromatic heterocycles. The van der Waals surface area contributed by atoms with Crippen LogP contribution < -0.4 is 10.1 Å². The molecule has 7 heteroatoms. The van der Waals surface area contributed by atoms with Crippen LogP contribution in [0.15, 0.2) is 34.9 Å². The van der Waals surface area contributed by atoms with Crippen molar-refractivity contribution in [2.24, 2.45) is 0 Å². The molecular weight excluding hydrogens is 264 g/mol. The number of amides is 1. The number of ether oxygens (including phenoxy) is 1. The highest BCUT2D eigenvalue weighted by Crippen LogP contribution is 2.25. The number of carbonyl (C=O) groups excluding carboxylic acids is 1. The van der Waals surface area contributed by atoms with Crippen molar-refractivity contribution in [3.05, 3.63) is 41.8 Å². The maximum absolute atomic E-state index is 12.0. The van der Waals surface area contributed by atoms with Gasteiger partial charge >= 0.3 is 6.16 Å². The molecule has 0 fully saturated rings. The number of hydrogen-bond donors (Lipinski definition) is 2. The zero-order valence-electron chi connectivity index (χ0n) is 10.6. The molecule has 2 N–H and O–H groups in total. The van der Waals surface area contributed by atoms with E-state index in [4.69, 9.17) is 9.63 Å². The summed E-state index contributed by atoms with van der Waals surface area (Å²) in [6, 6.07) is 8.68. The summed E-state index contributed by atoms with van der Waals surface area (Å²) in [4.78, 5) is 22.7. The topological polar surface area (TPSA) is 102 Å². The molecule has 0 saturated carbocycles. The number of anilines is 1. The smallest absolute Gasteiger partial charge is 0.449 e. The predicted octanol–water partition coefficient (Wildman–Crippen LogP) is 2.55. The highest BCUT2D eigenvalue weighted by atomic mass is 16.7. The number of carbonyl (C=O) groups is 2. The zero-order valence-corrected chi connectivity index (χ0v) is 10.6. The first kappa shape index (κ1) is 13.6. The van der Waals surface area contributed by atoms with Crippen LogP contribution in [0.1, 0.15) is 23.2 Å². The number of nitrogens with one attached hydrogen (secondary N) is 1. The third-order valence-electron chi connectivity index (χ3n) is 2.48. The minimum absolute atomic E-state index is 0.173. The van der Waals surface area contributed by atoms with Crippen molar-refractivity contribution in [2.45, 2.75) is 13.3 Å². The Kier molecular flexibility index (Phi) is 3.99. The van der Waals surface area contributed by atoms with E-state index in [9.17, 15) is 9.59 Å². The van der Waals surface area contributed by atoms with E-state index >= 15 is 0 Å². The molecule has 2 aromatic rings. The lowest BCUT2D eigenvalue weighted by Crippen LogP contribution is -2.14. The summed E-state index contributed by atoms with van der Waals surface area (Å²) in [5, 5.41) is 14.9. The Morgan fingerprint density at radius 1 is 1.35 bits per heavy atom. The minimum Gasteiger partial charge on any atom is -0.449 e. The molecule has 7 nitrogen and oxygen atoms in total. The molecule has 0 unspecified atom stereocenters. The van der Waals surface area contributed by atoms with Crippen molar-refractivity contribution in [3.63, 3.8) is 0 Å². The molecule has 104 valence electrons. The second kappa shape index (κ2) is 5.87. The van der Waals surface area contributed by atoms with E-state index in [0.717, 1.165) is 0 Å². The summed E-state index contributed by atoms with van der Waals surface area (Å²) in [7, 11) is 0. The molecule has 0 aliphatic heterocycles. The largest absolute Gasteiger partial charge is 0.511 e. The standard InChI is InChI=1S/C13H12N2O5/c1-2-9-10(19-13(17)18)11(20-15-9)12(16)14-8-6-4-3-5-7-8/h3-7H,2H2,1H3,(H,14,16)(H,17,18). The number of carboxylic acid groups (broad SMARTS) is 1. The maximum Gasteiger partial charge on any atom is 0.511 e. The molecule has 2 rings (SSSR count). The monoisotopic (exact) mass is 276 g/mol. The number of nitrogens with zero attached hydrogens (tertiary/aromatic N) is 1. The maximum atomic E-state index is 12.0. The molecule has 1 heterocycles. The molecule has 1 amide bonds. The normalized spacial score (nSPS) is 10.1. The number of benzene rings is 1. The van der Waals surface area contributed by atoms with E-state index in [2.05, 4.69) is 15.2 Å². The van der Waals surface area contributed by atoms with Crippen LogP contribution in [-0.2, 0) is 6.42 Å². The predicted molar refractivity (Wildman–Crippen MR) is 68.9 cm³/mol. The molecule has 20 heavy (non-hydrogen) atoms. The third-order valence-corrected chi connectivity index (χ3v) is 2.48. The SMILES string of the molecule is CCc1noc(C(=O)Nc2ccccc2)c1OC(=O)O. The van der Waals surface area contributed by atoms with E-state index < -0.39 is 12.1 Å². The number of rotatable bonds is 4. The molecule has 0 aliphatic carbocycles. The fourth-order valence-corrected chi connectivity index (χ4v) is 1.59. The fourth-order valence-electron chi connectivity index (χ4n) is 1.59. The second-order valence-corrected chi connectivity index (χ2v) is 3.83. The van der Waals surface area contributed by atoms with Crippen molar-refractivity contribution in [1.82, 2.24) is 5.16 Å². The summed E-state index contributed by atoms with van der Waals surface area (Å²) in [5.41, 5.74) is 0.818. The summed E-state index contributed by atoms with van der Waals surface area (Å²) < 4.78 is 9.44. The van der Waals surface area contributed by atoms with Gasteiger partial charge in [0.05, 0.1) is 0 Å². The first-order valence-corrected chi connectivity index (χ1v) is 5.87. The van der Waals surface area contributed by atoms with Crippen molar-refractivity contribution in [2.75, 3.05) is 5.32 Å². The molecule has 0 spiro atoms. The van der Waals surface area contributed by atoms with E-state index in [1.165, 1.54) is 0 Å². The Hall–Kier alpha value is -2.83. The molecule has 1 aromatic carbocycles. The number of hydrogen-bond acceptors (Lipinski definition) is 5. The average molecular weight is 276 g/mol. The lowest BCUT2D eigenvalue weighted by molar-refractivity contribution is 0.0982. The van der Waals surface area contributed by atoms with E-state index in [1.54, 1.807) is 37.3 Å². The quantitative estimate of drug-likeness (QED) is 0.832. The van der Waals surface area contributed by atoms with Gasteiger partial charge in [-0.1, -0.05) is 30.3 Å². The lowest BCUT2D eigenvalue weighted by Gasteiger charge is -2.03. The van der Waals surface area contributed by atoms with Crippen LogP contribution in [0.4, 0.5) is 10.5 Å². The van der Waals surface area contributed by atoms with Crippen molar-refractivity contribution in [1.29, 1.82) is 0 Å². The van der Waals surface area contributed by atoms with Crippen molar-refractivity contribution in [3.8, 4) is 5.75 Å². The van der Waals surface area contributed by atoms with Crippen molar-refractivity contribution < 1.29 is 24.0 Å². The van der Waals surface area contributed by atoms with Crippen LogP contribution in [0.3, 0.4) is 0 Å². The molecule has 0 aliphatic rings. The highest BCUT2D eigenvalue weighted by molar-refractivity contribution is 6.04. The van der Waals surface area contributed by atoms with Gasteiger partial charge in [0.15, 0.2) is 0 Å². The van der Waals surface area contributed by atoms with Crippen LogP contribution in [0.2, 0.25) is 0 Å². The van der Waals surface area contributed by atoms with Crippen molar-refractivity contribution >= 4 is 17.7 Å². The van der Waals surface area contributed by atoms with Gasteiger partial charge < -0.3 is 19.7 Å². The fraction of sp³-hybridized carbons (Fsp3) is 0.154. The van der Waals surface area contributed by atoms with Gasteiger partial charge in [0.25, 0.3) is 11.7 Å². The van der Waals surface area contributed by atoms with E-state index in [-0.39, 0.29) is 17.2 Å². The molecule has 0 saturated heterocycles.